The number of likely N-dealkylation sites (tertiary alicyclic amines) is 1. The van der Waals surface area contributed by atoms with Gasteiger partial charge in [0.05, 0.1) is 12.3 Å². The minimum atomic E-state index is 0.126. The molecule has 0 aliphatic carbocycles. The molecular formula is C25H30N4O2. The maximum atomic E-state index is 9.51. The minimum absolute atomic E-state index is 0.126. The monoisotopic (exact) mass is 418 g/mol. The van der Waals surface area contributed by atoms with Crippen LogP contribution in [-0.4, -0.2) is 29.5 Å². The number of nitrogens with zero attached hydrogens (tertiary/aromatic N) is 3. The third-order valence-electron chi connectivity index (χ3n) is 5.91. The number of hydrogen-bond acceptors (Lipinski definition) is 6. The quantitative estimate of drug-likeness (QED) is 0.550. The van der Waals surface area contributed by atoms with Crippen LogP contribution in [0.2, 0.25) is 0 Å². The van der Waals surface area contributed by atoms with Gasteiger partial charge in [-0.1, -0.05) is 51.5 Å². The van der Waals surface area contributed by atoms with E-state index in [1.54, 1.807) is 18.4 Å². The van der Waals surface area contributed by atoms with E-state index in [1.165, 1.54) is 30.4 Å². The fourth-order valence-corrected chi connectivity index (χ4v) is 4.10. The lowest BCUT2D eigenvalue weighted by atomic mass is 9.86. The summed E-state index contributed by atoms with van der Waals surface area (Å²) < 4.78 is 11.2. The number of benzene rings is 1. The highest BCUT2D eigenvalue weighted by Crippen LogP contribution is 2.30. The Hall–Kier alpha value is -3.04. The summed E-state index contributed by atoms with van der Waals surface area (Å²) in [6, 6.07) is 14.8. The van der Waals surface area contributed by atoms with Crippen LogP contribution in [0.15, 0.2) is 51.5 Å². The van der Waals surface area contributed by atoms with Gasteiger partial charge in [-0.3, -0.25) is 4.90 Å². The molecule has 1 fully saturated rings. The Labute approximate surface area is 183 Å². The van der Waals surface area contributed by atoms with Gasteiger partial charge < -0.3 is 14.2 Å². The SMILES string of the molecule is CC(C)(C)c1ccc(C(CNc2oc(-c3ccco3)nc2C#N)N2CCCCC2)cc1. The van der Waals surface area contributed by atoms with Crippen molar-refractivity contribution in [1.29, 1.82) is 5.26 Å². The van der Waals surface area contributed by atoms with Crippen molar-refractivity contribution in [1.82, 2.24) is 9.88 Å². The molecule has 31 heavy (non-hydrogen) atoms. The van der Waals surface area contributed by atoms with Crippen LogP contribution in [0.1, 0.15) is 62.9 Å². The maximum Gasteiger partial charge on any atom is 0.266 e. The minimum Gasteiger partial charge on any atom is -0.459 e. The molecule has 2 aromatic heterocycles. The zero-order valence-corrected chi connectivity index (χ0v) is 18.5. The highest BCUT2D eigenvalue weighted by atomic mass is 16.4. The molecule has 1 atom stereocenters. The molecule has 3 heterocycles. The number of piperidine rings is 1. The third-order valence-corrected chi connectivity index (χ3v) is 5.91. The molecule has 1 N–H and O–H groups in total. The first-order chi connectivity index (χ1) is 15.0. The molecular weight excluding hydrogens is 388 g/mol. The van der Waals surface area contributed by atoms with Crippen molar-refractivity contribution < 1.29 is 8.83 Å². The third kappa shape index (κ3) is 4.83. The molecule has 1 unspecified atom stereocenters. The summed E-state index contributed by atoms with van der Waals surface area (Å²) in [5.41, 5.74) is 2.96. The summed E-state index contributed by atoms with van der Waals surface area (Å²) in [5, 5.41) is 12.9. The van der Waals surface area contributed by atoms with E-state index in [0.29, 0.717) is 24.1 Å². The summed E-state index contributed by atoms with van der Waals surface area (Å²) in [4.78, 5) is 6.80. The molecule has 4 rings (SSSR count). The van der Waals surface area contributed by atoms with Gasteiger partial charge in [0.15, 0.2) is 5.76 Å². The molecule has 0 saturated carbocycles. The summed E-state index contributed by atoms with van der Waals surface area (Å²) in [5.74, 6) is 1.21. The molecule has 162 valence electrons. The van der Waals surface area contributed by atoms with Crippen LogP contribution in [0.4, 0.5) is 5.88 Å². The van der Waals surface area contributed by atoms with E-state index < -0.39 is 0 Å². The second kappa shape index (κ2) is 8.99. The van der Waals surface area contributed by atoms with Gasteiger partial charge in [-0.2, -0.15) is 10.2 Å². The molecule has 6 heteroatoms. The van der Waals surface area contributed by atoms with E-state index in [0.717, 1.165) is 13.1 Å². The van der Waals surface area contributed by atoms with Crippen LogP contribution >= 0.6 is 0 Å². The molecule has 0 radical (unpaired) electrons. The number of anilines is 1. The van der Waals surface area contributed by atoms with Crippen LogP contribution in [0.5, 0.6) is 0 Å². The number of rotatable bonds is 6. The zero-order valence-electron chi connectivity index (χ0n) is 18.5. The number of oxazole rings is 1. The topological polar surface area (TPSA) is 78.2 Å². The molecule has 3 aromatic rings. The van der Waals surface area contributed by atoms with E-state index in [9.17, 15) is 5.26 Å². The Bertz CT molecular complexity index is 1020. The lowest BCUT2D eigenvalue weighted by molar-refractivity contribution is 0.170. The van der Waals surface area contributed by atoms with E-state index in [4.69, 9.17) is 8.83 Å². The Morgan fingerprint density at radius 2 is 1.87 bits per heavy atom. The molecule has 1 aliphatic rings. The van der Waals surface area contributed by atoms with Crippen molar-refractivity contribution in [2.75, 3.05) is 25.0 Å². The first-order valence-corrected chi connectivity index (χ1v) is 11.0. The van der Waals surface area contributed by atoms with Crippen LogP contribution in [-0.2, 0) is 5.41 Å². The van der Waals surface area contributed by atoms with Crippen molar-refractivity contribution in [3.63, 3.8) is 0 Å². The molecule has 6 nitrogen and oxygen atoms in total. The van der Waals surface area contributed by atoms with Gasteiger partial charge in [-0.15, -0.1) is 0 Å². The molecule has 1 aliphatic heterocycles. The highest BCUT2D eigenvalue weighted by molar-refractivity contribution is 5.54. The van der Waals surface area contributed by atoms with E-state index in [-0.39, 0.29) is 17.2 Å². The molecule has 0 amide bonds. The van der Waals surface area contributed by atoms with E-state index in [1.807, 2.05) is 0 Å². The first kappa shape index (κ1) is 21.2. The van der Waals surface area contributed by atoms with Crippen molar-refractivity contribution >= 4 is 5.88 Å². The molecule has 1 aromatic carbocycles. The number of aromatic nitrogens is 1. The van der Waals surface area contributed by atoms with Gasteiger partial charge in [0, 0.05) is 6.54 Å². The number of nitrogens with one attached hydrogen (secondary N) is 1. The average Bonchev–Trinajstić information content (AvgIpc) is 3.44. The van der Waals surface area contributed by atoms with Gasteiger partial charge in [0.2, 0.25) is 11.6 Å². The smallest absolute Gasteiger partial charge is 0.266 e. The molecule has 0 bridgehead atoms. The van der Waals surface area contributed by atoms with Crippen molar-refractivity contribution in [2.24, 2.45) is 0 Å². The average molecular weight is 419 g/mol. The fourth-order valence-electron chi connectivity index (χ4n) is 4.10. The van der Waals surface area contributed by atoms with E-state index in [2.05, 4.69) is 66.3 Å². The van der Waals surface area contributed by atoms with Gasteiger partial charge in [0.1, 0.15) is 6.07 Å². The maximum absolute atomic E-state index is 9.51. The zero-order chi connectivity index (χ0) is 21.8. The largest absolute Gasteiger partial charge is 0.459 e. The second-order valence-corrected chi connectivity index (χ2v) is 9.15. The summed E-state index contributed by atoms with van der Waals surface area (Å²) in [6.07, 6.45) is 5.27. The van der Waals surface area contributed by atoms with Crippen LogP contribution in [0.25, 0.3) is 11.7 Å². The molecule has 0 spiro atoms. The standard InChI is InChI=1S/C25H30N4O2/c1-25(2,3)19-11-9-18(10-12-19)21(29-13-5-4-6-14-29)17-27-23-20(16-26)28-24(31-23)22-8-7-15-30-22/h7-12,15,21,27H,4-6,13-14,17H2,1-3H3. The predicted molar refractivity (Wildman–Crippen MR) is 121 cm³/mol. The van der Waals surface area contributed by atoms with Gasteiger partial charge in [-0.05, 0) is 54.6 Å². The fraction of sp³-hybridized carbons (Fsp3) is 0.440. The lowest BCUT2D eigenvalue weighted by Crippen LogP contribution is -2.37. The van der Waals surface area contributed by atoms with Crippen molar-refractivity contribution in [3.05, 3.63) is 59.5 Å². The predicted octanol–water partition coefficient (Wildman–Crippen LogP) is 5.74. The second-order valence-electron chi connectivity index (χ2n) is 9.15. The van der Waals surface area contributed by atoms with E-state index >= 15 is 0 Å². The van der Waals surface area contributed by atoms with Gasteiger partial charge in [-0.25, -0.2) is 0 Å². The Morgan fingerprint density at radius 1 is 1.13 bits per heavy atom. The number of hydrogen-bond donors (Lipinski definition) is 1. The van der Waals surface area contributed by atoms with Crippen LogP contribution in [0.3, 0.4) is 0 Å². The number of furan rings is 1. The normalized spacial score (nSPS) is 16.1. The first-order valence-electron chi connectivity index (χ1n) is 11.0. The molecule has 1 saturated heterocycles. The Kier molecular flexibility index (Phi) is 6.15. The van der Waals surface area contributed by atoms with Crippen molar-refractivity contribution in [2.45, 2.75) is 51.5 Å². The summed E-state index contributed by atoms with van der Waals surface area (Å²) in [6.45, 7) is 9.48. The Morgan fingerprint density at radius 3 is 2.48 bits per heavy atom. The number of nitriles is 1. The van der Waals surface area contributed by atoms with Crippen LogP contribution in [0, 0.1) is 11.3 Å². The van der Waals surface area contributed by atoms with Gasteiger partial charge >= 0.3 is 0 Å². The van der Waals surface area contributed by atoms with Gasteiger partial charge in [0.25, 0.3) is 5.89 Å². The summed E-state index contributed by atoms with van der Waals surface area (Å²) >= 11 is 0. The van der Waals surface area contributed by atoms with Crippen molar-refractivity contribution in [3.8, 4) is 17.7 Å². The lowest BCUT2D eigenvalue weighted by Gasteiger charge is -2.35. The van der Waals surface area contributed by atoms with Crippen LogP contribution < -0.4 is 5.32 Å². The summed E-state index contributed by atoms with van der Waals surface area (Å²) in [7, 11) is 0. The highest BCUT2D eigenvalue weighted by Gasteiger charge is 2.25. The Balaban J connectivity index is 1.56.